The van der Waals surface area contributed by atoms with Crippen molar-refractivity contribution in [1.82, 2.24) is 10.6 Å². The lowest BCUT2D eigenvalue weighted by atomic mass is 9.86. The van der Waals surface area contributed by atoms with Crippen molar-refractivity contribution < 1.29 is 0 Å². The van der Waals surface area contributed by atoms with Crippen LogP contribution in [0.1, 0.15) is 77.0 Å². The monoisotopic (exact) mass is 422 g/mol. The van der Waals surface area contributed by atoms with E-state index in [9.17, 15) is 0 Å². The van der Waals surface area contributed by atoms with Crippen LogP contribution in [0, 0.1) is 0 Å². The average molecular weight is 423 g/mol. The molecule has 3 saturated carbocycles. The second kappa shape index (κ2) is 9.66. The average Bonchev–Trinajstić information content (AvgIpc) is 2.63. The molecule has 0 aliphatic heterocycles. The smallest absolute Gasteiger partial charge is 0.0473 e. The fourth-order valence-corrected chi connectivity index (χ4v) is 10.5. The third kappa shape index (κ3) is 6.42. The van der Waals surface area contributed by atoms with E-state index < -0.39 is 16.1 Å². The second-order valence-electron chi connectivity index (χ2n) is 12.7. The van der Waals surface area contributed by atoms with Gasteiger partial charge in [0.15, 0.2) is 0 Å². The molecular weight excluding hydrogens is 372 g/mol. The van der Waals surface area contributed by atoms with Gasteiger partial charge in [-0.1, -0.05) is 77.8 Å². The molecule has 4 heteroatoms. The van der Waals surface area contributed by atoms with Crippen molar-refractivity contribution in [3.05, 3.63) is 0 Å². The van der Waals surface area contributed by atoms with Crippen molar-refractivity contribution >= 4 is 16.1 Å². The summed E-state index contributed by atoms with van der Waals surface area (Å²) in [6, 6.07) is 3.05. The third-order valence-corrected chi connectivity index (χ3v) is 14.6. The van der Waals surface area contributed by atoms with Crippen molar-refractivity contribution in [3.8, 4) is 0 Å². The molecular formula is C24H50N2Si2. The number of rotatable bonds is 6. The molecule has 0 spiro atoms. The molecule has 3 fully saturated rings. The molecule has 2 N–H and O–H groups in total. The van der Waals surface area contributed by atoms with Crippen LogP contribution in [0.4, 0.5) is 0 Å². The lowest BCUT2D eigenvalue weighted by Gasteiger charge is -2.42. The van der Waals surface area contributed by atoms with E-state index in [1.165, 1.54) is 77.0 Å². The summed E-state index contributed by atoms with van der Waals surface area (Å²) in [7, 11) is -1.88. The van der Waals surface area contributed by atoms with E-state index in [4.69, 9.17) is 0 Å². The largest absolute Gasteiger partial charge is 0.310 e. The third-order valence-electron chi connectivity index (χ3n) is 8.57. The highest BCUT2D eigenvalue weighted by Crippen LogP contribution is 2.39. The first-order valence-corrected chi connectivity index (χ1v) is 19.8. The van der Waals surface area contributed by atoms with Crippen LogP contribution in [0.15, 0.2) is 0 Å². The molecule has 0 aromatic heterocycles. The van der Waals surface area contributed by atoms with Gasteiger partial charge in [-0.2, -0.15) is 0 Å². The van der Waals surface area contributed by atoms with Gasteiger partial charge in [0, 0.05) is 40.3 Å². The van der Waals surface area contributed by atoms with Crippen LogP contribution in [0.5, 0.6) is 0 Å². The van der Waals surface area contributed by atoms with Gasteiger partial charge in [-0.15, -0.1) is 0 Å². The Bertz CT molecular complexity index is 422. The van der Waals surface area contributed by atoms with Crippen LogP contribution < -0.4 is 10.6 Å². The minimum absolute atomic E-state index is 0.733. The van der Waals surface area contributed by atoms with Crippen molar-refractivity contribution in [3.63, 3.8) is 0 Å². The lowest BCUT2D eigenvalue weighted by Crippen LogP contribution is -2.56. The van der Waals surface area contributed by atoms with E-state index in [1.54, 1.807) is 0 Å². The van der Waals surface area contributed by atoms with E-state index in [1.807, 2.05) is 0 Å². The van der Waals surface area contributed by atoms with Gasteiger partial charge in [-0.3, -0.25) is 0 Å². The molecule has 0 saturated heterocycles. The predicted molar refractivity (Wildman–Crippen MR) is 131 cm³/mol. The zero-order valence-corrected chi connectivity index (χ0v) is 21.9. The van der Waals surface area contributed by atoms with Crippen LogP contribution in [0.25, 0.3) is 0 Å². The molecule has 0 radical (unpaired) electrons. The maximum absolute atomic E-state index is 4.16. The molecule has 2 atom stereocenters. The summed E-state index contributed by atoms with van der Waals surface area (Å²) in [6.07, 6.45) is 17.3. The molecule has 3 aliphatic carbocycles. The Hall–Kier alpha value is 0.354. The first-order chi connectivity index (χ1) is 13.1. The second-order valence-corrected chi connectivity index (χ2v) is 23.8. The van der Waals surface area contributed by atoms with E-state index >= 15 is 0 Å². The number of nitrogens with one attached hydrogen (secondary N) is 2. The number of hydrogen-bond acceptors (Lipinski definition) is 2. The predicted octanol–water partition coefficient (Wildman–Crippen LogP) is 6.78. The van der Waals surface area contributed by atoms with Gasteiger partial charge in [-0.05, 0) is 49.6 Å². The summed E-state index contributed by atoms with van der Waals surface area (Å²) in [5.74, 6) is 0. The van der Waals surface area contributed by atoms with E-state index in [2.05, 4.69) is 49.9 Å². The van der Waals surface area contributed by atoms with Gasteiger partial charge in [0.2, 0.25) is 0 Å². The van der Waals surface area contributed by atoms with Crippen LogP contribution in [0.3, 0.4) is 0 Å². The molecule has 3 rings (SSSR count). The molecule has 0 bridgehead atoms. The van der Waals surface area contributed by atoms with E-state index in [-0.39, 0.29) is 0 Å². The van der Waals surface area contributed by atoms with Crippen molar-refractivity contribution in [2.45, 2.75) is 152 Å². The Morgan fingerprint density at radius 3 is 1.07 bits per heavy atom. The Morgan fingerprint density at radius 1 is 0.464 bits per heavy atom. The molecule has 2 nitrogen and oxygen atoms in total. The van der Waals surface area contributed by atoms with Gasteiger partial charge in [0.05, 0.1) is 0 Å². The zero-order valence-electron chi connectivity index (χ0n) is 19.9. The topological polar surface area (TPSA) is 24.1 Å². The highest BCUT2D eigenvalue weighted by molar-refractivity contribution is 6.77. The molecule has 164 valence electrons. The highest BCUT2D eigenvalue weighted by atomic mass is 28.3. The fourth-order valence-electron chi connectivity index (χ4n) is 6.39. The fraction of sp³-hybridized carbons (Fsp3) is 1.00. The van der Waals surface area contributed by atoms with Gasteiger partial charge in [0.25, 0.3) is 0 Å². The van der Waals surface area contributed by atoms with Crippen LogP contribution in [0.2, 0.25) is 50.4 Å². The van der Waals surface area contributed by atoms with E-state index in [0.717, 1.165) is 35.2 Å². The highest BCUT2D eigenvalue weighted by Gasteiger charge is 2.35. The summed E-state index contributed by atoms with van der Waals surface area (Å²) in [5.41, 5.74) is 2.12. The Balaban J connectivity index is 1.46. The van der Waals surface area contributed by atoms with Crippen LogP contribution in [-0.2, 0) is 0 Å². The number of hydrogen-bond donors (Lipinski definition) is 2. The Morgan fingerprint density at radius 2 is 0.786 bits per heavy atom. The van der Waals surface area contributed by atoms with Crippen molar-refractivity contribution in [2.24, 2.45) is 0 Å². The minimum atomic E-state index is -0.938. The first-order valence-electron chi connectivity index (χ1n) is 12.6. The summed E-state index contributed by atoms with van der Waals surface area (Å²) in [4.78, 5) is 0. The van der Waals surface area contributed by atoms with Crippen molar-refractivity contribution in [1.29, 1.82) is 0 Å². The molecule has 0 aromatic rings. The molecule has 28 heavy (non-hydrogen) atoms. The van der Waals surface area contributed by atoms with Crippen LogP contribution in [-0.4, -0.2) is 40.3 Å². The molecule has 3 aliphatic rings. The quantitative estimate of drug-likeness (QED) is 0.461. The Labute approximate surface area is 178 Å². The molecule has 0 heterocycles. The molecule has 0 aromatic carbocycles. The SMILES string of the molecule is C[Si](C)(C)C1CCC(NC2CCCCC2NC2CCC([Si](C)(C)C)CC2)CC1. The maximum Gasteiger partial charge on any atom is 0.0473 e. The lowest BCUT2D eigenvalue weighted by molar-refractivity contribution is 0.213. The van der Waals surface area contributed by atoms with E-state index in [0.29, 0.717) is 0 Å². The van der Waals surface area contributed by atoms with Gasteiger partial charge < -0.3 is 10.6 Å². The standard InChI is InChI=1S/C24H50N2Si2/c1-27(2,3)21-15-11-19(12-16-21)25-23-9-7-8-10-24(23)26-20-13-17-22(18-14-20)28(4,5)6/h19-26H,7-18H2,1-6H3. The molecule has 2 unspecified atom stereocenters. The van der Waals surface area contributed by atoms with Crippen molar-refractivity contribution in [2.75, 3.05) is 0 Å². The van der Waals surface area contributed by atoms with Gasteiger partial charge in [-0.25, -0.2) is 0 Å². The molecule has 0 amide bonds. The summed E-state index contributed by atoms with van der Waals surface area (Å²) < 4.78 is 0. The summed E-state index contributed by atoms with van der Waals surface area (Å²) >= 11 is 0. The Kier molecular flexibility index (Phi) is 7.94. The first kappa shape index (κ1) is 23.0. The van der Waals surface area contributed by atoms with Crippen LogP contribution >= 0.6 is 0 Å². The van der Waals surface area contributed by atoms with Gasteiger partial charge in [0.1, 0.15) is 0 Å². The minimum Gasteiger partial charge on any atom is -0.310 e. The summed E-state index contributed by atoms with van der Waals surface area (Å²) in [5, 5.41) is 8.32. The zero-order chi connectivity index (χ0) is 20.4. The van der Waals surface area contributed by atoms with Gasteiger partial charge >= 0.3 is 0 Å². The summed E-state index contributed by atoms with van der Waals surface area (Å²) in [6.45, 7) is 15.4. The maximum atomic E-state index is 4.16. The normalized spacial score (nSPS) is 38.4.